The third-order valence-electron chi connectivity index (χ3n) is 4.10. The number of hydrogen-bond donors (Lipinski definition) is 0. The zero-order valence-corrected chi connectivity index (χ0v) is 12.0. The van der Waals surface area contributed by atoms with Gasteiger partial charge in [-0.2, -0.15) is 0 Å². The molecule has 21 heavy (non-hydrogen) atoms. The van der Waals surface area contributed by atoms with E-state index < -0.39 is 0 Å². The third kappa shape index (κ3) is 3.10. The molecule has 0 saturated carbocycles. The molecule has 0 amide bonds. The molecule has 0 spiro atoms. The number of benzene rings is 2. The summed E-state index contributed by atoms with van der Waals surface area (Å²) in [6.45, 7) is 0. The highest BCUT2D eigenvalue weighted by Crippen LogP contribution is 2.23. The fourth-order valence-electron chi connectivity index (χ4n) is 2.89. The van der Waals surface area contributed by atoms with Gasteiger partial charge < -0.3 is 0 Å². The number of ketones is 2. The van der Waals surface area contributed by atoms with E-state index in [-0.39, 0.29) is 24.4 Å². The van der Waals surface area contributed by atoms with E-state index in [0.717, 1.165) is 18.4 Å². The van der Waals surface area contributed by atoms with Crippen LogP contribution < -0.4 is 0 Å². The van der Waals surface area contributed by atoms with Crippen molar-refractivity contribution in [2.24, 2.45) is 0 Å². The van der Waals surface area contributed by atoms with Gasteiger partial charge in [0, 0.05) is 24.0 Å². The maximum atomic E-state index is 12.2. The van der Waals surface area contributed by atoms with E-state index in [1.54, 1.807) is 12.1 Å². The highest BCUT2D eigenvalue weighted by Gasteiger charge is 2.15. The predicted octanol–water partition coefficient (Wildman–Crippen LogP) is 4.02. The molecule has 2 heteroatoms. The number of fused-ring (bicyclic) bond motifs is 1. The molecular weight excluding hydrogens is 260 g/mol. The Balaban J connectivity index is 1.63. The first-order valence-corrected chi connectivity index (χ1v) is 7.47. The van der Waals surface area contributed by atoms with Crippen molar-refractivity contribution in [2.45, 2.75) is 32.1 Å². The molecular formula is C19H18O2. The van der Waals surface area contributed by atoms with Gasteiger partial charge in [0.05, 0.1) is 0 Å². The average Bonchev–Trinajstić information content (AvgIpc) is 3.00. The molecule has 0 aliphatic heterocycles. The van der Waals surface area contributed by atoms with Gasteiger partial charge in [0.1, 0.15) is 0 Å². The van der Waals surface area contributed by atoms with Crippen molar-refractivity contribution in [3.63, 3.8) is 0 Å². The summed E-state index contributed by atoms with van der Waals surface area (Å²) in [5.41, 5.74) is 4.10. The van der Waals surface area contributed by atoms with Crippen molar-refractivity contribution in [3.8, 4) is 0 Å². The predicted molar refractivity (Wildman–Crippen MR) is 82.8 cm³/mol. The van der Waals surface area contributed by atoms with E-state index in [2.05, 4.69) is 6.07 Å². The number of Topliss-reactive ketones (excluding diaryl/α,β-unsaturated/α-hetero) is 2. The molecule has 2 aromatic carbocycles. The van der Waals surface area contributed by atoms with Crippen LogP contribution in [0.5, 0.6) is 0 Å². The van der Waals surface area contributed by atoms with Gasteiger partial charge in [0.15, 0.2) is 11.6 Å². The summed E-state index contributed by atoms with van der Waals surface area (Å²) in [5.74, 6) is 0.0964. The molecule has 0 bridgehead atoms. The van der Waals surface area contributed by atoms with Crippen LogP contribution in [0.25, 0.3) is 0 Å². The zero-order valence-electron chi connectivity index (χ0n) is 12.0. The molecule has 2 aromatic rings. The van der Waals surface area contributed by atoms with Crippen LogP contribution in [0.3, 0.4) is 0 Å². The molecule has 0 saturated heterocycles. The van der Waals surface area contributed by atoms with Gasteiger partial charge in [-0.15, -0.1) is 0 Å². The second kappa shape index (κ2) is 6.04. The fourth-order valence-corrected chi connectivity index (χ4v) is 2.89. The quantitative estimate of drug-likeness (QED) is 0.774. The summed E-state index contributed by atoms with van der Waals surface area (Å²) in [7, 11) is 0. The summed E-state index contributed by atoms with van der Waals surface area (Å²) in [4.78, 5) is 24.2. The Morgan fingerprint density at radius 1 is 0.762 bits per heavy atom. The van der Waals surface area contributed by atoms with E-state index in [1.165, 1.54) is 17.5 Å². The van der Waals surface area contributed by atoms with Crippen molar-refractivity contribution in [3.05, 3.63) is 70.8 Å². The lowest BCUT2D eigenvalue weighted by molar-refractivity contribution is 0.0917. The molecule has 1 aliphatic rings. The molecule has 3 rings (SSSR count). The van der Waals surface area contributed by atoms with E-state index in [0.29, 0.717) is 5.56 Å². The van der Waals surface area contributed by atoms with Gasteiger partial charge in [-0.05, 0) is 36.5 Å². The number of carbonyl (C=O) groups is 2. The van der Waals surface area contributed by atoms with Crippen LogP contribution in [0, 0.1) is 0 Å². The Labute approximate surface area is 124 Å². The van der Waals surface area contributed by atoms with Crippen molar-refractivity contribution in [2.75, 3.05) is 0 Å². The molecule has 0 unspecified atom stereocenters. The van der Waals surface area contributed by atoms with Gasteiger partial charge in [0.25, 0.3) is 0 Å². The van der Waals surface area contributed by atoms with Gasteiger partial charge >= 0.3 is 0 Å². The smallest absolute Gasteiger partial charge is 0.163 e. The maximum absolute atomic E-state index is 12.2. The van der Waals surface area contributed by atoms with E-state index in [1.807, 2.05) is 30.3 Å². The minimum atomic E-state index is 0.0325. The first-order chi connectivity index (χ1) is 10.2. The number of rotatable bonds is 5. The van der Waals surface area contributed by atoms with Crippen LogP contribution in [0.1, 0.15) is 51.1 Å². The lowest BCUT2D eigenvalue weighted by atomic mass is 9.99. The molecule has 0 atom stereocenters. The molecule has 106 valence electrons. The van der Waals surface area contributed by atoms with Crippen LogP contribution in [-0.4, -0.2) is 11.6 Å². The molecule has 0 radical (unpaired) electrons. The standard InChI is InChI=1S/C19H18O2/c20-18(15-5-2-1-3-6-15)11-12-19(21)17-10-9-14-7-4-8-16(14)13-17/h1-3,5-6,9-10,13H,4,7-8,11-12H2. The van der Waals surface area contributed by atoms with Gasteiger partial charge in [-0.25, -0.2) is 0 Å². The second-order valence-electron chi connectivity index (χ2n) is 5.55. The Kier molecular flexibility index (Phi) is 3.96. The van der Waals surface area contributed by atoms with Crippen LogP contribution in [0.2, 0.25) is 0 Å². The Hall–Kier alpha value is -2.22. The van der Waals surface area contributed by atoms with Crippen molar-refractivity contribution in [1.82, 2.24) is 0 Å². The largest absolute Gasteiger partial charge is 0.294 e. The normalized spacial score (nSPS) is 13.0. The number of carbonyl (C=O) groups excluding carboxylic acids is 2. The fraction of sp³-hybridized carbons (Fsp3) is 0.263. The summed E-state index contributed by atoms with van der Waals surface area (Å²) in [6, 6.07) is 15.1. The Bertz CT molecular complexity index is 671. The topological polar surface area (TPSA) is 34.1 Å². The molecule has 1 aliphatic carbocycles. The number of hydrogen-bond acceptors (Lipinski definition) is 2. The van der Waals surface area contributed by atoms with Crippen molar-refractivity contribution >= 4 is 11.6 Å². The third-order valence-corrected chi connectivity index (χ3v) is 4.10. The first kappa shape index (κ1) is 13.7. The second-order valence-corrected chi connectivity index (χ2v) is 5.55. The van der Waals surface area contributed by atoms with E-state index in [9.17, 15) is 9.59 Å². The van der Waals surface area contributed by atoms with E-state index >= 15 is 0 Å². The van der Waals surface area contributed by atoms with Gasteiger partial charge in [-0.1, -0.05) is 42.5 Å². The van der Waals surface area contributed by atoms with Crippen molar-refractivity contribution < 1.29 is 9.59 Å². The van der Waals surface area contributed by atoms with Gasteiger partial charge in [-0.3, -0.25) is 9.59 Å². The molecule has 0 heterocycles. The molecule has 2 nitrogen and oxygen atoms in total. The average molecular weight is 278 g/mol. The Morgan fingerprint density at radius 3 is 2.19 bits per heavy atom. The lowest BCUT2D eigenvalue weighted by Gasteiger charge is -2.04. The van der Waals surface area contributed by atoms with Crippen LogP contribution in [-0.2, 0) is 12.8 Å². The molecule has 0 aromatic heterocycles. The molecule has 0 fully saturated rings. The Morgan fingerprint density at radius 2 is 1.43 bits per heavy atom. The van der Waals surface area contributed by atoms with Gasteiger partial charge in [0.2, 0.25) is 0 Å². The SMILES string of the molecule is O=C(CCC(=O)c1ccc2c(c1)CCC2)c1ccccc1. The monoisotopic (exact) mass is 278 g/mol. The summed E-state index contributed by atoms with van der Waals surface area (Å²) in [6.07, 6.45) is 3.93. The minimum Gasteiger partial charge on any atom is -0.294 e. The van der Waals surface area contributed by atoms with Crippen molar-refractivity contribution in [1.29, 1.82) is 0 Å². The summed E-state index contributed by atoms with van der Waals surface area (Å²) >= 11 is 0. The van der Waals surface area contributed by atoms with Crippen LogP contribution in [0.4, 0.5) is 0 Å². The summed E-state index contributed by atoms with van der Waals surface area (Å²) in [5, 5.41) is 0. The zero-order chi connectivity index (χ0) is 14.7. The van der Waals surface area contributed by atoms with E-state index in [4.69, 9.17) is 0 Å². The highest BCUT2D eigenvalue weighted by atomic mass is 16.1. The minimum absolute atomic E-state index is 0.0325. The number of aryl methyl sites for hydroxylation is 2. The lowest BCUT2D eigenvalue weighted by Crippen LogP contribution is -2.05. The highest BCUT2D eigenvalue weighted by molar-refractivity contribution is 6.02. The first-order valence-electron chi connectivity index (χ1n) is 7.47. The maximum Gasteiger partial charge on any atom is 0.163 e. The summed E-state index contributed by atoms with van der Waals surface area (Å²) < 4.78 is 0. The van der Waals surface area contributed by atoms with Crippen LogP contribution >= 0.6 is 0 Å². The van der Waals surface area contributed by atoms with Crippen LogP contribution in [0.15, 0.2) is 48.5 Å². The molecule has 0 N–H and O–H groups in total.